The highest BCUT2D eigenvalue weighted by molar-refractivity contribution is 6.37. The molecule has 110 valence electrons. The van der Waals surface area contributed by atoms with Gasteiger partial charge in [-0.2, -0.15) is 0 Å². The van der Waals surface area contributed by atoms with Crippen molar-refractivity contribution in [1.29, 1.82) is 0 Å². The van der Waals surface area contributed by atoms with Crippen LogP contribution in [-0.4, -0.2) is 38.0 Å². The highest BCUT2D eigenvalue weighted by Crippen LogP contribution is 2.21. The summed E-state index contributed by atoms with van der Waals surface area (Å²) in [6.45, 7) is 3.39. The molecule has 0 aromatic rings. The molecule has 0 saturated carbocycles. The molecule has 0 aromatic heterocycles. The third-order valence-electron chi connectivity index (χ3n) is 3.64. The fourth-order valence-electron chi connectivity index (χ4n) is 2.32. The van der Waals surface area contributed by atoms with Gasteiger partial charge in [0.15, 0.2) is 11.6 Å². The number of hydrogen-bond acceptors (Lipinski definition) is 4. The minimum Gasteiger partial charge on any atom is -0.385 e. The molecule has 2 unspecified atom stereocenters. The van der Waals surface area contributed by atoms with E-state index in [0.29, 0.717) is 25.6 Å². The molecule has 0 spiro atoms. The second kappa shape index (κ2) is 9.21. The van der Waals surface area contributed by atoms with E-state index in [2.05, 4.69) is 0 Å². The molecule has 1 saturated heterocycles. The topological polar surface area (TPSA) is 52.6 Å². The fourth-order valence-corrected chi connectivity index (χ4v) is 2.32. The summed E-state index contributed by atoms with van der Waals surface area (Å²) in [6, 6.07) is 0. The first-order valence-corrected chi connectivity index (χ1v) is 7.30. The van der Waals surface area contributed by atoms with Crippen molar-refractivity contribution in [2.24, 2.45) is 5.92 Å². The van der Waals surface area contributed by atoms with Gasteiger partial charge < -0.3 is 9.47 Å². The van der Waals surface area contributed by atoms with Crippen LogP contribution in [0, 0.1) is 5.92 Å². The van der Waals surface area contributed by atoms with Crippen LogP contribution >= 0.6 is 0 Å². The quantitative estimate of drug-likeness (QED) is 0.477. The van der Waals surface area contributed by atoms with Gasteiger partial charge in [-0.05, 0) is 38.5 Å². The van der Waals surface area contributed by atoms with E-state index in [0.717, 1.165) is 38.7 Å². The molecule has 1 heterocycles. The smallest absolute Gasteiger partial charge is 0.198 e. The molecule has 0 bridgehead atoms. The van der Waals surface area contributed by atoms with Gasteiger partial charge in [0.1, 0.15) is 0 Å². The SMILES string of the molecule is COCCCCCC(=O)C(=O)CC1CCC(C)OC1. The Morgan fingerprint density at radius 3 is 2.58 bits per heavy atom. The van der Waals surface area contributed by atoms with E-state index in [1.165, 1.54) is 0 Å². The summed E-state index contributed by atoms with van der Waals surface area (Å²) in [5.74, 6) is -0.188. The average molecular weight is 270 g/mol. The molecule has 0 aromatic carbocycles. The molecule has 1 fully saturated rings. The summed E-state index contributed by atoms with van der Waals surface area (Å²) < 4.78 is 10.5. The lowest BCUT2D eigenvalue weighted by atomic mass is 9.92. The van der Waals surface area contributed by atoms with Crippen LogP contribution in [0.15, 0.2) is 0 Å². The maximum absolute atomic E-state index is 11.8. The van der Waals surface area contributed by atoms with Gasteiger partial charge in [-0.25, -0.2) is 0 Å². The molecule has 1 aliphatic heterocycles. The maximum Gasteiger partial charge on any atom is 0.198 e. The third-order valence-corrected chi connectivity index (χ3v) is 3.64. The van der Waals surface area contributed by atoms with Crippen LogP contribution in [-0.2, 0) is 19.1 Å². The summed E-state index contributed by atoms with van der Waals surface area (Å²) in [6.07, 6.45) is 5.70. The lowest BCUT2D eigenvalue weighted by molar-refractivity contribution is -0.138. The predicted octanol–water partition coefficient (Wildman–Crippen LogP) is 2.54. The van der Waals surface area contributed by atoms with E-state index >= 15 is 0 Å². The largest absolute Gasteiger partial charge is 0.385 e. The number of Topliss-reactive ketones (excluding diaryl/α,β-unsaturated/α-hetero) is 2. The van der Waals surface area contributed by atoms with Crippen molar-refractivity contribution in [3.63, 3.8) is 0 Å². The monoisotopic (exact) mass is 270 g/mol. The minimum atomic E-state index is -0.213. The predicted molar refractivity (Wildman–Crippen MR) is 73.1 cm³/mol. The maximum atomic E-state index is 11.8. The molecular weight excluding hydrogens is 244 g/mol. The van der Waals surface area contributed by atoms with Crippen LogP contribution in [0.4, 0.5) is 0 Å². The van der Waals surface area contributed by atoms with Crippen molar-refractivity contribution in [2.75, 3.05) is 20.3 Å². The average Bonchev–Trinajstić information content (AvgIpc) is 2.41. The number of unbranched alkanes of at least 4 members (excludes halogenated alkanes) is 2. The van der Waals surface area contributed by atoms with Crippen molar-refractivity contribution in [2.45, 2.75) is 58.0 Å². The molecule has 0 amide bonds. The zero-order valence-electron chi connectivity index (χ0n) is 12.2. The van der Waals surface area contributed by atoms with Gasteiger partial charge in [-0.1, -0.05) is 6.42 Å². The zero-order valence-corrected chi connectivity index (χ0v) is 12.2. The second-order valence-electron chi connectivity index (χ2n) is 5.44. The van der Waals surface area contributed by atoms with E-state index in [4.69, 9.17) is 9.47 Å². The fraction of sp³-hybridized carbons (Fsp3) is 0.867. The molecule has 0 radical (unpaired) electrons. The van der Waals surface area contributed by atoms with Crippen LogP contribution in [0.5, 0.6) is 0 Å². The van der Waals surface area contributed by atoms with Crippen LogP contribution in [0.3, 0.4) is 0 Å². The van der Waals surface area contributed by atoms with Crippen LogP contribution < -0.4 is 0 Å². The van der Waals surface area contributed by atoms with Crippen molar-refractivity contribution < 1.29 is 19.1 Å². The molecule has 4 nitrogen and oxygen atoms in total. The van der Waals surface area contributed by atoms with E-state index in [9.17, 15) is 9.59 Å². The van der Waals surface area contributed by atoms with Gasteiger partial charge in [0.2, 0.25) is 0 Å². The van der Waals surface area contributed by atoms with Gasteiger partial charge in [0.05, 0.1) is 12.7 Å². The number of methoxy groups -OCH3 is 1. The highest BCUT2D eigenvalue weighted by atomic mass is 16.5. The van der Waals surface area contributed by atoms with Crippen molar-refractivity contribution in [3.05, 3.63) is 0 Å². The summed E-state index contributed by atoms with van der Waals surface area (Å²) >= 11 is 0. The summed E-state index contributed by atoms with van der Waals surface area (Å²) in [5, 5.41) is 0. The van der Waals surface area contributed by atoms with Gasteiger partial charge in [-0.3, -0.25) is 9.59 Å². The van der Waals surface area contributed by atoms with E-state index in [1.54, 1.807) is 7.11 Å². The molecule has 1 aliphatic rings. The molecule has 4 heteroatoms. The van der Waals surface area contributed by atoms with E-state index in [-0.39, 0.29) is 17.5 Å². The Morgan fingerprint density at radius 1 is 1.16 bits per heavy atom. The van der Waals surface area contributed by atoms with E-state index in [1.807, 2.05) is 6.92 Å². The number of ether oxygens (including phenoxy) is 2. The molecule has 0 aliphatic carbocycles. The van der Waals surface area contributed by atoms with Gasteiger partial charge in [0.25, 0.3) is 0 Å². The second-order valence-corrected chi connectivity index (χ2v) is 5.44. The van der Waals surface area contributed by atoms with Crippen molar-refractivity contribution in [1.82, 2.24) is 0 Å². The summed E-state index contributed by atoms with van der Waals surface area (Å²) in [5.41, 5.74) is 0. The highest BCUT2D eigenvalue weighted by Gasteiger charge is 2.23. The first-order valence-electron chi connectivity index (χ1n) is 7.30. The first kappa shape index (κ1) is 16.3. The number of hydrogen-bond donors (Lipinski definition) is 0. The van der Waals surface area contributed by atoms with Crippen LogP contribution in [0.1, 0.15) is 51.9 Å². The molecule has 1 rings (SSSR count). The molecule has 0 N–H and O–H groups in total. The van der Waals surface area contributed by atoms with Gasteiger partial charge in [0, 0.05) is 26.6 Å². The van der Waals surface area contributed by atoms with E-state index < -0.39 is 0 Å². The minimum absolute atomic E-state index is 0.212. The number of carbonyl (C=O) groups excluding carboxylic acids is 2. The lowest BCUT2D eigenvalue weighted by Crippen LogP contribution is -2.27. The van der Waals surface area contributed by atoms with Gasteiger partial charge >= 0.3 is 0 Å². The van der Waals surface area contributed by atoms with Crippen LogP contribution in [0.2, 0.25) is 0 Å². The Bertz CT molecular complexity index is 280. The Morgan fingerprint density at radius 2 is 1.95 bits per heavy atom. The number of carbonyl (C=O) groups is 2. The zero-order chi connectivity index (χ0) is 14.1. The van der Waals surface area contributed by atoms with Crippen molar-refractivity contribution in [3.8, 4) is 0 Å². The summed E-state index contributed by atoms with van der Waals surface area (Å²) in [7, 11) is 1.67. The molecular formula is C15H26O4. The Labute approximate surface area is 115 Å². The number of rotatable bonds is 9. The van der Waals surface area contributed by atoms with Crippen LogP contribution in [0.25, 0.3) is 0 Å². The number of ketones is 2. The lowest BCUT2D eigenvalue weighted by Gasteiger charge is -2.26. The Kier molecular flexibility index (Phi) is 7.91. The Hall–Kier alpha value is -0.740. The molecule has 19 heavy (non-hydrogen) atoms. The van der Waals surface area contributed by atoms with Crippen molar-refractivity contribution >= 4 is 11.6 Å². The standard InChI is InChI=1S/C15H26O4/c1-12-7-8-13(11-19-12)10-15(17)14(16)6-4-3-5-9-18-2/h12-13H,3-11H2,1-2H3. The summed E-state index contributed by atoms with van der Waals surface area (Å²) in [4.78, 5) is 23.5. The molecule has 2 atom stereocenters. The Balaban J connectivity index is 2.12. The first-order chi connectivity index (χ1) is 9.13. The third kappa shape index (κ3) is 6.83. The van der Waals surface area contributed by atoms with Gasteiger partial charge in [-0.15, -0.1) is 0 Å². The normalized spacial score (nSPS) is 23.3.